The third kappa shape index (κ3) is 2.21. The van der Waals surface area contributed by atoms with Gasteiger partial charge in [-0.15, -0.1) is 15.3 Å². The molecule has 2 heterocycles. The van der Waals surface area contributed by atoms with E-state index in [9.17, 15) is 0 Å². The predicted octanol–water partition coefficient (Wildman–Crippen LogP) is 1.19. The molecule has 0 bridgehead atoms. The van der Waals surface area contributed by atoms with Crippen molar-refractivity contribution < 1.29 is 0 Å². The molecule has 0 aliphatic carbocycles. The summed E-state index contributed by atoms with van der Waals surface area (Å²) in [5.41, 5.74) is 6.30. The van der Waals surface area contributed by atoms with Gasteiger partial charge in [-0.2, -0.15) is 0 Å². The lowest BCUT2D eigenvalue weighted by molar-refractivity contribution is 0.795. The van der Waals surface area contributed by atoms with Crippen molar-refractivity contribution in [2.75, 3.05) is 5.73 Å². The first-order valence-electron chi connectivity index (χ1n) is 3.93. The van der Waals surface area contributed by atoms with Gasteiger partial charge in [0.2, 0.25) is 5.95 Å². The average molecular weight is 263 g/mol. The second-order valence-electron chi connectivity index (χ2n) is 2.68. The molecule has 2 aromatic heterocycles. The fraction of sp³-hybridized carbons (Fsp3) is 0.333. The zero-order valence-electron chi connectivity index (χ0n) is 7.71. The van der Waals surface area contributed by atoms with Gasteiger partial charge >= 0.3 is 0 Å². The second-order valence-corrected chi connectivity index (χ2v) is 4.98. The molecule has 0 fully saturated rings. The van der Waals surface area contributed by atoms with Crippen LogP contribution in [-0.2, 0) is 12.8 Å². The van der Waals surface area contributed by atoms with E-state index in [-0.39, 0.29) is 0 Å². The SMILES string of the molecule is Cn1c(N)nnc1SCc1nnsc1Cl. The van der Waals surface area contributed by atoms with Gasteiger partial charge in [-0.25, -0.2) is 0 Å². The van der Waals surface area contributed by atoms with E-state index in [4.69, 9.17) is 17.3 Å². The van der Waals surface area contributed by atoms with Crippen molar-refractivity contribution in [3.63, 3.8) is 0 Å². The molecule has 0 aliphatic heterocycles. The van der Waals surface area contributed by atoms with Crippen LogP contribution in [-0.4, -0.2) is 24.4 Å². The van der Waals surface area contributed by atoms with E-state index in [0.29, 0.717) is 16.0 Å². The summed E-state index contributed by atoms with van der Waals surface area (Å²) in [5.74, 6) is 1.00. The molecule has 80 valence electrons. The molecule has 2 aromatic rings. The minimum atomic E-state index is 0.389. The summed E-state index contributed by atoms with van der Waals surface area (Å²) in [7, 11) is 1.80. The summed E-state index contributed by atoms with van der Waals surface area (Å²) in [4.78, 5) is 0. The molecular formula is C6H7ClN6S2. The Kier molecular flexibility index (Phi) is 3.08. The first kappa shape index (κ1) is 10.7. The number of hydrogen-bond donors (Lipinski definition) is 1. The molecule has 0 aromatic carbocycles. The van der Waals surface area contributed by atoms with E-state index in [2.05, 4.69) is 19.8 Å². The highest BCUT2D eigenvalue weighted by Gasteiger charge is 2.10. The van der Waals surface area contributed by atoms with E-state index in [1.807, 2.05) is 0 Å². The highest BCUT2D eigenvalue weighted by Crippen LogP contribution is 2.26. The molecule has 0 saturated heterocycles. The summed E-state index contributed by atoms with van der Waals surface area (Å²) in [6, 6.07) is 0. The predicted molar refractivity (Wildman–Crippen MR) is 59.9 cm³/mol. The van der Waals surface area contributed by atoms with Crippen LogP contribution in [0.5, 0.6) is 0 Å². The number of anilines is 1. The quantitative estimate of drug-likeness (QED) is 0.837. The summed E-state index contributed by atoms with van der Waals surface area (Å²) in [5, 5.41) is 12.3. The lowest BCUT2D eigenvalue weighted by Gasteiger charge is -1.98. The third-order valence-corrected chi connectivity index (χ3v) is 3.73. The molecule has 0 atom stereocenters. The molecule has 0 radical (unpaired) electrons. The van der Waals surface area contributed by atoms with Crippen molar-refractivity contribution in [2.24, 2.45) is 7.05 Å². The average Bonchev–Trinajstić information content (AvgIpc) is 2.74. The van der Waals surface area contributed by atoms with Gasteiger partial charge in [-0.3, -0.25) is 4.57 Å². The van der Waals surface area contributed by atoms with Crippen molar-refractivity contribution in [3.8, 4) is 0 Å². The summed E-state index contributed by atoms with van der Waals surface area (Å²) < 4.78 is 6.06. The van der Waals surface area contributed by atoms with Crippen LogP contribution >= 0.6 is 34.9 Å². The number of rotatable bonds is 3. The molecule has 2 N–H and O–H groups in total. The number of thioether (sulfide) groups is 1. The maximum atomic E-state index is 5.86. The Morgan fingerprint density at radius 2 is 2.27 bits per heavy atom. The van der Waals surface area contributed by atoms with Gasteiger partial charge in [-0.05, 0) is 0 Å². The summed E-state index contributed by atoms with van der Waals surface area (Å²) in [6.45, 7) is 0. The molecule has 2 rings (SSSR count). The van der Waals surface area contributed by atoms with E-state index >= 15 is 0 Å². The van der Waals surface area contributed by atoms with Crippen LogP contribution in [0, 0.1) is 0 Å². The molecule has 9 heteroatoms. The van der Waals surface area contributed by atoms with Crippen LogP contribution < -0.4 is 5.73 Å². The molecule has 15 heavy (non-hydrogen) atoms. The van der Waals surface area contributed by atoms with Crippen LogP contribution in [0.4, 0.5) is 5.95 Å². The van der Waals surface area contributed by atoms with E-state index in [1.54, 1.807) is 11.6 Å². The Bertz CT molecular complexity index is 466. The Hall–Kier alpha value is -0.860. The Morgan fingerprint density at radius 3 is 2.80 bits per heavy atom. The van der Waals surface area contributed by atoms with Gasteiger partial charge in [-0.1, -0.05) is 27.9 Å². The van der Waals surface area contributed by atoms with E-state index in [0.717, 1.165) is 10.9 Å². The molecule has 6 nitrogen and oxygen atoms in total. The van der Waals surface area contributed by atoms with Crippen molar-refractivity contribution in [1.82, 2.24) is 24.4 Å². The number of halogens is 1. The first-order valence-corrected chi connectivity index (χ1v) is 6.06. The minimum Gasteiger partial charge on any atom is -0.368 e. The minimum absolute atomic E-state index is 0.389. The Balaban J connectivity index is 2.05. The number of nitrogens with zero attached hydrogens (tertiary/aromatic N) is 5. The summed E-state index contributed by atoms with van der Waals surface area (Å²) in [6.07, 6.45) is 0. The molecular weight excluding hydrogens is 256 g/mol. The van der Waals surface area contributed by atoms with Gasteiger partial charge in [0.1, 0.15) is 10.0 Å². The van der Waals surface area contributed by atoms with Crippen molar-refractivity contribution >= 4 is 40.8 Å². The zero-order chi connectivity index (χ0) is 10.8. The van der Waals surface area contributed by atoms with Crippen LogP contribution in [0.15, 0.2) is 5.16 Å². The summed E-state index contributed by atoms with van der Waals surface area (Å²) >= 11 is 8.50. The van der Waals surface area contributed by atoms with Gasteiger partial charge in [0.25, 0.3) is 0 Å². The monoisotopic (exact) mass is 262 g/mol. The molecule has 0 amide bonds. The van der Waals surface area contributed by atoms with Gasteiger partial charge in [0.15, 0.2) is 5.16 Å². The van der Waals surface area contributed by atoms with Crippen LogP contribution in [0.1, 0.15) is 5.69 Å². The van der Waals surface area contributed by atoms with Crippen LogP contribution in [0.3, 0.4) is 0 Å². The highest BCUT2D eigenvalue weighted by molar-refractivity contribution is 7.98. The van der Waals surface area contributed by atoms with Crippen molar-refractivity contribution in [2.45, 2.75) is 10.9 Å². The van der Waals surface area contributed by atoms with E-state index < -0.39 is 0 Å². The van der Waals surface area contributed by atoms with Gasteiger partial charge in [0.05, 0.1) is 0 Å². The molecule has 0 unspecified atom stereocenters. The van der Waals surface area contributed by atoms with E-state index in [1.165, 1.54) is 23.3 Å². The largest absolute Gasteiger partial charge is 0.368 e. The number of nitrogen functional groups attached to an aromatic ring is 1. The van der Waals surface area contributed by atoms with Crippen LogP contribution in [0.2, 0.25) is 4.34 Å². The number of aromatic nitrogens is 5. The topological polar surface area (TPSA) is 82.5 Å². The number of nitrogens with two attached hydrogens (primary N) is 1. The van der Waals surface area contributed by atoms with Crippen LogP contribution in [0.25, 0.3) is 0 Å². The normalized spacial score (nSPS) is 10.8. The van der Waals surface area contributed by atoms with Gasteiger partial charge < -0.3 is 5.73 Å². The lowest BCUT2D eigenvalue weighted by atomic mass is 10.6. The standard InChI is InChI=1S/C6H7ClN6S2/c1-13-5(8)10-11-6(13)14-2-3-4(7)15-12-9-3/h2H2,1H3,(H2,8,10). The maximum absolute atomic E-state index is 5.86. The highest BCUT2D eigenvalue weighted by atomic mass is 35.5. The molecule has 0 aliphatic rings. The number of hydrogen-bond acceptors (Lipinski definition) is 7. The first-order chi connectivity index (χ1) is 7.18. The maximum Gasteiger partial charge on any atom is 0.222 e. The zero-order valence-corrected chi connectivity index (χ0v) is 10.1. The van der Waals surface area contributed by atoms with Crippen molar-refractivity contribution in [1.29, 1.82) is 0 Å². The fourth-order valence-electron chi connectivity index (χ4n) is 0.868. The molecule has 0 spiro atoms. The molecule has 0 saturated carbocycles. The Morgan fingerprint density at radius 1 is 1.47 bits per heavy atom. The third-order valence-electron chi connectivity index (χ3n) is 1.72. The second kappa shape index (κ2) is 4.33. The van der Waals surface area contributed by atoms with Gasteiger partial charge in [0, 0.05) is 24.3 Å². The Labute approximate surface area is 99.0 Å². The smallest absolute Gasteiger partial charge is 0.222 e. The lowest BCUT2D eigenvalue weighted by Crippen LogP contribution is -1.98. The fourth-order valence-corrected chi connectivity index (χ4v) is 2.52. The van der Waals surface area contributed by atoms with Crippen molar-refractivity contribution in [3.05, 3.63) is 10.0 Å².